The number of rotatable bonds is 3. The van der Waals surface area contributed by atoms with E-state index in [1.807, 2.05) is 0 Å². The number of hydrogen-bond acceptors (Lipinski definition) is 4. The molecule has 7 heteroatoms. The molecule has 0 atom stereocenters. The van der Waals surface area contributed by atoms with Crippen LogP contribution in [0.4, 0.5) is 4.39 Å². The first kappa shape index (κ1) is 12.7. The fourth-order valence-electron chi connectivity index (χ4n) is 1.29. The Bertz CT molecular complexity index is 626. The Balaban J connectivity index is 2.37. The van der Waals surface area contributed by atoms with Crippen LogP contribution in [0.1, 0.15) is 5.56 Å². The summed E-state index contributed by atoms with van der Waals surface area (Å²) in [6.07, 6.45) is 1.43. The molecule has 17 heavy (non-hydrogen) atoms. The van der Waals surface area contributed by atoms with E-state index >= 15 is 0 Å². The Hall–Kier alpha value is -0.790. The number of benzene rings is 1. The molecule has 0 aliphatic rings. The summed E-state index contributed by atoms with van der Waals surface area (Å²) in [6.45, 7) is 0. The van der Waals surface area contributed by atoms with E-state index in [0.29, 0.717) is 5.56 Å². The molecule has 2 rings (SSSR count). The van der Waals surface area contributed by atoms with Gasteiger partial charge in [0.15, 0.2) is 0 Å². The molecule has 0 bridgehead atoms. The molecule has 0 fully saturated rings. The van der Waals surface area contributed by atoms with Crippen LogP contribution < -0.4 is 0 Å². The summed E-state index contributed by atoms with van der Waals surface area (Å²) in [5.74, 6) is -0.740. The van der Waals surface area contributed by atoms with Gasteiger partial charge in [0.05, 0.1) is 10.2 Å². The highest BCUT2D eigenvalue weighted by atomic mass is 79.9. The molecule has 1 aromatic carbocycles. The van der Waals surface area contributed by atoms with E-state index in [4.69, 9.17) is 0 Å². The minimum atomic E-state index is -3.50. The summed E-state index contributed by atoms with van der Waals surface area (Å²) < 4.78 is 37.3. The summed E-state index contributed by atoms with van der Waals surface area (Å²) in [6, 6.07) is 4.31. The third-order valence-electron chi connectivity index (χ3n) is 2.05. The van der Waals surface area contributed by atoms with Crippen molar-refractivity contribution in [3.63, 3.8) is 0 Å². The van der Waals surface area contributed by atoms with Gasteiger partial charge in [-0.15, -0.1) is 11.3 Å². The minimum absolute atomic E-state index is 0.0497. The van der Waals surface area contributed by atoms with Gasteiger partial charge in [0, 0.05) is 11.6 Å². The molecule has 0 aliphatic heterocycles. The number of hydrogen-bond donors (Lipinski definition) is 0. The van der Waals surface area contributed by atoms with E-state index in [-0.39, 0.29) is 14.6 Å². The second-order valence-electron chi connectivity index (χ2n) is 3.27. The van der Waals surface area contributed by atoms with Gasteiger partial charge in [-0.2, -0.15) is 0 Å². The van der Waals surface area contributed by atoms with Crippen molar-refractivity contribution < 1.29 is 12.8 Å². The normalized spacial score (nSPS) is 11.6. The summed E-state index contributed by atoms with van der Waals surface area (Å²) >= 11 is 4.09. The maximum Gasteiger partial charge on any atom is 0.209 e. The molecule has 0 spiro atoms. The largest absolute Gasteiger partial charge is 0.234 e. The van der Waals surface area contributed by atoms with Crippen LogP contribution in [0.15, 0.2) is 38.6 Å². The predicted octanol–water partition coefficient (Wildman–Crippen LogP) is 3.02. The first-order chi connectivity index (χ1) is 8.00. The summed E-state index contributed by atoms with van der Waals surface area (Å²) in [5.41, 5.74) is 0.389. The van der Waals surface area contributed by atoms with Gasteiger partial charge in [-0.05, 0) is 27.6 Å². The van der Waals surface area contributed by atoms with Gasteiger partial charge in [0.25, 0.3) is 0 Å². The number of thiazole rings is 1. The van der Waals surface area contributed by atoms with Gasteiger partial charge in [-0.1, -0.05) is 12.1 Å². The van der Waals surface area contributed by atoms with Crippen molar-refractivity contribution in [1.29, 1.82) is 0 Å². The molecular formula is C10H7BrFNO2S2. The predicted molar refractivity (Wildman–Crippen MR) is 67.1 cm³/mol. The monoisotopic (exact) mass is 335 g/mol. The first-order valence-electron chi connectivity index (χ1n) is 4.56. The Labute approximate surface area is 110 Å². The number of aromatic nitrogens is 1. The Morgan fingerprint density at radius 2 is 2.18 bits per heavy atom. The van der Waals surface area contributed by atoms with E-state index in [2.05, 4.69) is 20.9 Å². The van der Waals surface area contributed by atoms with Gasteiger partial charge < -0.3 is 0 Å². The fraction of sp³-hybridized carbons (Fsp3) is 0.100. The standard InChI is InChI=1S/C10H7BrFNO2S2/c11-9-7(2-1-3-8(9)12)6-17(14,15)10-13-4-5-16-10/h1-5H,6H2. The molecule has 0 saturated heterocycles. The van der Waals surface area contributed by atoms with Crippen molar-refractivity contribution in [3.8, 4) is 0 Å². The highest BCUT2D eigenvalue weighted by molar-refractivity contribution is 9.10. The van der Waals surface area contributed by atoms with Crippen molar-refractivity contribution in [2.45, 2.75) is 10.1 Å². The van der Waals surface area contributed by atoms with Crippen LogP contribution in [0.5, 0.6) is 0 Å². The first-order valence-corrected chi connectivity index (χ1v) is 7.88. The van der Waals surface area contributed by atoms with E-state index in [1.54, 1.807) is 11.4 Å². The molecular weight excluding hydrogens is 329 g/mol. The molecule has 3 nitrogen and oxygen atoms in total. The lowest BCUT2D eigenvalue weighted by molar-refractivity contribution is 0.593. The molecule has 0 aliphatic carbocycles. The maximum atomic E-state index is 13.2. The van der Waals surface area contributed by atoms with E-state index < -0.39 is 15.7 Å². The Morgan fingerprint density at radius 1 is 1.41 bits per heavy atom. The number of nitrogens with zero attached hydrogens (tertiary/aromatic N) is 1. The summed E-state index contributed by atoms with van der Waals surface area (Å²) in [4.78, 5) is 3.76. The molecule has 0 amide bonds. The fourth-order valence-corrected chi connectivity index (χ4v) is 4.17. The maximum absolute atomic E-state index is 13.2. The van der Waals surface area contributed by atoms with Crippen LogP contribution in [0.2, 0.25) is 0 Å². The van der Waals surface area contributed by atoms with Crippen molar-refractivity contribution in [2.75, 3.05) is 0 Å². The third-order valence-corrected chi connectivity index (χ3v) is 5.88. The Kier molecular flexibility index (Phi) is 3.60. The van der Waals surface area contributed by atoms with Crippen molar-refractivity contribution in [2.24, 2.45) is 0 Å². The van der Waals surface area contributed by atoms with Crippen LogP contribution in [0.25, 0.3) is 0 Å². The van der Waals surface area contributed by atoms with Crippen LogP contribution in [0.3, 0.4) is 0 Å². The smallest absolute Gasteiger partial charge is 0.209 e. The molecule has 2 aromatic rings. The lowest BCUT2D eigenvalue weighted by atomic mass is 10.2. The summed E-state index contributed by atoms with van der Waals surface area (Å²) in [5, 5.41) is 1.59. The van der Waals surface area contributed by atoms with Gasteiger partial charge in [0.2, 0.25) is 14.2 Å². The minimum Gasteiger partial charge on any atom is -0.234 e. The molecule has 90 valence electrons. The van der Waals surface area contributed by atoms with E-state index in [0.717, 1.165) is 11.3 Å². The van der Waals surface area contributed by atoms with Crippen molar-refractivity contribution in [1.82, 2.24) is 4.98 Å². The topological polar surface area (TPSA) is 47.0 Å². The number of sulfone groups is 1. The molecule has 0 radical (unpaired) electrons. The Morgan fingerprint density at radius 3 is 2.82 bits per heavy atom. The van der Waals surface area contributed by atoms with Crippen LogP contribution in [-0.4, -0.2) is 13.4 Å². The zero-order valence-electron chi connectivity index (χ0n) is 8.43. The second-order valence-corrected chi connectivity index (χ2v) is 7.12. The lowest BCUT2D eigenvalue weighted by Crippen LogP contribution is -2.05. The van der Waals surface area contributed by atoms with E-state index in [1.165, 1.54) is 18.3 Å². The molecule has 0 unspecified atom stereocenters. The van der Waals surface area contributed by atoms with Crippen LogP contribution >= 0.6 is 27.3 Å². The van der Waals surface area contributed by atoms with Crippen LogP contribution in [-0.2, 0) is 15.6 Å². The zero-order chi connectivity index (χ0) is 12.5. The molecule has 1 heterocycles. The van der Waals surface area contributed by atoms with Gasteiger partial charge in [0.1, 0.15) is 5.82 Å². The van der Waals surface area contributed by atoms with Gasteiger partial charge >= 0.3 is 0 Å². The summed E-state index contributed by atoms with van der Waals surface area (Å²) in [7, 11) is -3.50. The van der Waals surface area contributed by atoms with Gasteiger partial charge in [-0.3, -0.25) is 0 Å². The quantitative estimate of drug-likeness (QED) is 0.866. The van der Waals surface area contributed by atoms with Crippen molar-refractivity contribution in [3.05, 3.63) is 45.6 Å². The molecule has 0 saturated carbocycles. The second kappa shape index (κ2) is 4.83. The van der Waals surface area contributed by atoms with Gasteiger partial charge in [-0.25, -0.2) is 17.8 Å². The zero-order valence-corrected chi connectivity index (χ0v) is 11.6. The highest BCUT2D eigenvalue weighted by Gasteiger charge is 2.20. The molecule has 1 aromatic heterocycles. The average molecular weight is 336 g/mol. The molecule has 0 N–H and O–H groups in total. The van der Waals surface area contributed by atoms with Crippen LogP contribution in [0, 0.1) is 5.82 Å². The van der Waals surface area contributed by atoms with Crippen molar-refractivity contribution >= 4 is 37.1 Å². The lowest BCUT2D eigenvalue weighted by Gasteiger charge is -2.04. The SMILES string of the molecule is O=S(=O)(Cc1cccc(F)c1Br)c1nccs1. The highest BCUT2D eigenvalue weighted by Crippen LogP contribution is 2.25. The number of halogens is 2. The third kappa shape index (κ3) is 2.72. The average Bonchev–Trinajstić information content (AvgIpc) is 2.78. The van der Waals surface area contributed by atoms with E-state index in [9.17, 15) is 12.8 Å².